The van der Waals surface area contributed by atoms with E-state index in [9.17, 15) is 9.59 Å². The van der Waals surface area contributed by atoms with Crippen molar-refractivity contribution in [2.24, 2.45) is 7.05 Å². The molecular weight excluding hydrogens is 330 g/mol. The first-order valence-corrected chi connectivity index (χ1v) is 9.84. The highest BCUT2D eigenvalue weighted by atomic mass is 32.2. The first-order chi connectivity index (χ1) is 11.1. The third-order valence-electron chi connectivity index (χ3n) is 4.39. The number of piperidine rings is 1. The van der Waals surface area contributed by atoms with E-state index in [2.05, 4.69) is 11.9 Å². The molecule has 1 fully saturated rings. The van der Waals surface area contributed by atoms with Gasteiger partial charge < -0.3 is 4.90 Å². The number of thioether (sulfide) groups is 1. The molecule has 1 aliphatic rings. The van der Waals surface area contributed by atoms with Crippen LogP contribution in [0.4, 0.5) is 0 Å². The maximum absolute atomic E-state index is 12.5. The zero-order valence-electron chi connectivity index (χ0n) is 13.4. The highest BCUT2D eigenvalue weighted by molar-refractivity contribution is 7.99. The molecule has 0 spiro atoms. The zero-order chi connectivity index (χ0) is 16.4. The van der Waals surface area contributed by atoms with Crippen molar-refractivity contribution >= 4 is 39.2 Å². The Morgan fingerprint density at radius 2 is 2.30 bits per heavy atom. The van der Waals surface area contributed by atoms with E-state index in [0.717, 1.165) is 31.3 Å². The lowest BCUT2D eigenvalue weighted by molar-refractivity contribution is -0.132. The molecule has 23 heavy (non-hydrogen) atoms. The van der Waals surface area contributed by atoms with Crippen LogP contribution in [0.25, 0.3) is 10.2 Å². The molecule has 2 aromatic heterocycles. The van der Waals surface area contributed by atoms with Gasteiger partial charge in [0, 0.05) is 19.6 Å². The summed E-state index contributed by atoms with van der Waals surface area (Å²) in [5.74, 6) is 0.494. The predicted molar refractivity (Wildman–Crippen MR) is 95.2 cm³/mol. The summed E-state index contributed by atoms with van der Waals surface area (Å²) in [5.41, 5.74) is 0.682. The van der Waals surface area contributed by atoms with Gasteiger partial charge in [-0.15, -0.1) is 11.3 Å². The smallest absolute Gasteiger partial charge is 0.271 e. The quantitative estimate of drug-likeness (QED) is 0.628. The van der Waals surface area contributed by atoms with Crippen molar-refractivity contribution in [3.05, 3.63) is 21.8 Å². The Kier molecular flexibility index (Phi) is 5.06. The van der Waals surface area contributed by atoms with Crippen molar-refractivity contribution in [2.45, 2.75) is 43.8 Å². The third kappa shape index (κ3) is 3.30. The van der Waals surface area contributed by atoms with Gasteiger partial charge in [-0.2, -0.15) is 0 Å². The van der Waals surface area contributed by atoms with Crippen molar-refractivity contribution in [1.82, 2.24) is 14.5 Å². The van der Waals surface area contributed by atoms with Gasteiger partial charge in [0.25, 0.3) is 5.56 Å². The molecule has 5 nitrogen and oxygen atoms in total. The predicted octanol–water partition coefficient (Wildman–Crippen LogP) is 2.88. The summed E-state index contributed by atoms with van der Waals surface area (Å²) in [6.07, 6.45) is 4.41. The molecule has 3 heterocycles. The summed E-state index contributed by atoms with van der Waals surface area (Å²) in [7, 11) is 1.72. The van der Waals surface area contributed by atoms with Crippen molar-refractivity contribution in [3.8, 4) is 0 Å². The summed E-state index contributed by atoms with van der Waals surface area (Å²) in [5, 5.41) is 2.48. The molecule has 7 heteroatoms. The number of carbonyl (C=O) groups is 1. The Morgan fingerprint density at radius 3 is 3.09 bits per heavy atom. The number of amides is 1. The van der Waals surface area contributed by atoms with Crippen LogP contribution < -0.4 is 5.56 Å². The lowest BCUT2D eigenvalue weighted by atomic mass is 10.0. The summed E-state index contributed by atoms with van der Waals surface area (Å²) in [4.78, 5) is 31.4. The molecule has 1 amide bonds. The fourth-order valence-electron chi connectivity index (χ4n) is 3.06. The largest absolute Gasteiger partial charge is 0.339 e. The van der Waals surface area contributed by atoms with Crippen LogP contribution in [-0.4, -0.2) is 38.7 Å². The van der Waals surface area contributed by atoms with Crippen LogP contribution in [0, 0.1) is 0 Å². The summed E-state index contributed by atoms with van der Waals surface area (Å²) < 4.78 is 2.22. The van der Waals surface area contributed by atoms with E-state index in [1.54, 1.807) is 11.6 Å². The Balaban J connectivity index is 1.74. The zero-order valence-corrected chi connectivity index (χ0v) is 15.1. The topological polar surface area (TPSA) is 55.2 Å². The molecule has 1 unspecified atom stereocenters. The van der Waals surface area contributed by atoms with E-state index >= 15 is 0 Å². The highest BCUT2D eigenvalue weighted by Crippen LogP contribution is 2.23. The van der Waals surface area contributed by atoms with Crippen LogP contribution >= 0.6 is 23.1 Å². The number of fused-ring (bicyclic) bond motifs is 1. The molecule has 1 saturated heterocycles. The number of rotatable bonds is 4. The molecular formula is C16H21N3O2S2. The number of aromatic nitrogens is 2. The first kappa shape index (κ1) is 16.5. The molecule has 0 N–H and O–H groups in total. The second kappa shape index (κ2) is 7.05. The van der Waals surface area contributed by atoms with E-state index in [-0.39, 0.29) is 11.5 Å². The van der Waals surface area contributed by atoms with Crippen molar-refractivity contribution in [1.29, 1.82) is 0 Å². The number of hydrogen-bond acceptors (Lipinski definition) is 5. The van der Waals surface area contributed by atoms with E-state index in [1.165, 1.54) is 29.5 Å². The van der Waals surface area contributed by atoms with Crippen molar-refractivity contribution < 1.29 is 4.79 Å². The van der Waals surface area contributed by atoms with Crippen LogP contribution in [0.2, 0.25) is 0 Å². The fraction of sp³-hybridized carbons (Fsp3) is 0.562. The molecule has 0 aromatic carbocycles. The number of likely N-dealkylation sites (tertiary alicyclic amines) is 1. The van der Waals surface area contributed by atoms with Crippen LogP contribution in [0.1, 0.15) is 32.6 Å². The van der Waals surface area contributed by atoms with E-state index in [0.29, 0.717) is 21.7 Å². The Labute approximate surface area is 143 Å². The van der Waals surface area contributed by atoms with Gasteiger partial charge in [0.1, 0.15) is 4.70 Å². The Hall–Kier alpha value is -1.34. The van der Waals surface area contributed by atoms with Gasteiger partial charge in [-0.05, 0) is 37.1 Å². The maximum atomic E-state index is 12.5. The van der Waals surface area contributed by atoms with Gasteiger partial charge in [-0.25, -0.2) is 4.98 Å². The average Bonchev–Trinajstić information content (AvgIpc) is 3.05. The van der Waals surface area contributed by atoms with Gasteiger partial charge in [-0.1, -0.05) is 18.7 Å². The van der Waals surface area contributed by atoms with Gasteiger partial charge in [0.2, 0.25) is 5.91 Å². The number of hydrogen-bond donors (Lipinski definition) is 0. The monoisotopic (exact) mass is 351 g/mol. The number of thiophene rings is 1. The third-order valence-corrected chi connectivity index (χ3v) is 6.30. The molecule has 1 aliphatic heterocycles. The number of nitrogens with zero attached hydrogens (tertiary/aromatic N) is 3. The molecule has 3 rings (SSSR count). The van der Waals surface area contributed by atoms with Crippen LogP contribution in [0.5, 0.6) is 0 Å². The second-order valence-electron chi connectivity index (χ2n) is 5.83. The van der Waals surface area contributed by atoms with Crippen molar-refractivity contribution in [3.63, 3.8) is 0 Å². The van der Waals surface area contributed by atoms with Gasteiger partial charge in [-0.3, -0.25) is 14.2 Å². The molecule has 0 aliphatic carbocycles. The molecule has 0 radical (unpaired) electrons. The van der Waals surface area contributed by atoms with Crippen molar-refractivity contribution in [2.75, 3.05) is 12.3 Å². The van der Waals surface area contributed by atoms with Crippen LogP contribution in [-0.2, 0) is 11.8 Å². The molecule has 124 valence electrons. The minimum atomic E-state index is -0.0376. The minimum absolute atomic E-state index is 0.0376. The van der Waals surface area contributed by atoms with Gasteiger partial charge >= 0.3 is 0 Å². The Bertz CT molecular complexity index is 768. The lowest BCUT2D eigenvalue weighted by Crippen LogP contribution is -2.44. The normalized spacial score (nSPS) is 18.5. The number of carbonyl (C=O) groups excluding carboxylic acids is 1. The fourth-order valence-corrected chi connectivity index (χ4v) is 4.72. The van der Waals surface area contributed by atoms with E-state index in [4.69, 9.17) is 0 Å². The average molecular weight is 351 g/mol. The van der Waals surface area contributed by atoms with Gasteiger partial charge in [0.15, 0.2) is 5.16 Å². The van der Waals surface area contributed by atoms with Crippen LogP contribution in [0.15, 0.2) is 21.4 Å². The minimum Gasteiger partial charge on any atom is -0.339 e. The SMILES string of the molecule is CCC1CCCCN1C(=O)CSc1nc2ccsc2c(=O)n1C. The standard InChI is InChI=1S/C16H21N3O2S2/c1-3-11-6-4-5-8-19(11)13(20)10-23-16-17-12-7-9-22-14(12)15(21)18(16)2/h7,9,11H,3-6,8,10H2,1-2H3. The lowest BCUT2D eigenvalue weighted by Gasteiger charge is -2.35. The van der Waals surface area contributed by atoms with Crippen LogP contribution in [0.3, 0.4) is 0 Å². The summed E-state index contributed by atoms with van der Waals surface area (Å²) >= 11 is 2.77. The maximum Gasteiger partial charge on any atom is 0.271 e. The molecule has 1 atom stereocenters. The first-order valence-electron chi connectivity index (χ1n) is 7.98. The highest BCUT2D eigenvalue weighted by Gasteiger charge is 2.25. The van der Waals surface area contributed by atoms with E-state index < -0.39 is 0 Å². The molecule has 0 bridgehead atoms. The summed E-state index contributed by atoms with van der Waals surface area (Å²) in [6, 6.07) is 2.22. The molecule has 0 saturated carbocycles. The Morgan fingerprint density at radius 1 is 1.48 bits per heavy atom. The summed E-state index contributed by atoms with van der Waals surface area (Å²) in [6.45, 7) is 2.99. The van der Waals surface area contributed by atoms with Gasteiger partial charge in [0.05, 0.1) is 11.3 Å². The molecule has 2 aromatic rings. The second-order valence-corrected chi connectivity index (χ2v) is 7.69. The van der Waals surface area contributed by atoms with E-state index in [1.807, 2.05) is 16.3 Å².